The summed E-state index contributed by atoms with van der Waals surface area (Å²) < 4.78 is 46.4. The number of ether oxygens (including phenoxy) is 1. The lowest BCUT2D eigenvalue weighted by molar-refractivity contribution is -0.137. The Morgan fingerprint density at radius 2 is 1.61 bits per heavy atom. The summed E-state index contributed by atoms with van der Waals surface area (Å²) in [7, 11) is 0. The van der Waals surface area contributed by atoms with Crippen molar-refractivity contribution in [3.63, 3.8) is 0 Å². The molecule has 1 saturated heterocycles. The summed E-state index contributed by atoms with van der Waals surface area (Å²) in [5.74, 6) is -1.11. The number of para-hydroxylation sites is 1. The van der Waals surface area contributed by atoms with E-state index in [-0.39, 0.29) is 12.2 Å². The lowest BCUT2D eigenvalue weighted by Gasteiger charge is -2.28. The monoisotopic (exact) mass is 628 g/mol. The average molecular weight is 629 g/mol. The van der Waals surface area contributed by atoms with Crippen LogP contribution in [0.4, 0.5) is 35.0 Å². The number of nitrogens with zero attached hydrogens (tertiary/aromatic N) is 3. The van der Waals surface area contributed by atoms with Crippen molar-refractivity contribution in [3.05, 3.63) is 101 Å². The quantitative estimate of drug-likeness (QED) is 0.171. The smallest absolute Gasteiger partial charge is 0.417 e. The standard InChI is InChI=1S/C35H31F3N4O4/c1-33(2,3)46-30(43)23-11-10-22-17-26(14-12-21(22)16-23)40-29-9-7-6-8-25(29)20-41-32(45)42(31(44)34(41,4)5)27-15-13-24(19-39)28(18-27)35(36,37)38/h6-18,40H,20H2,1-5H3. The molecule has 11 heteroatoms. The molecule has 0 aromatic heterocycles. The van der Waals surface area contributed by atoms with Crippen molar-refractivity contribution in [1.82, 2.24) is 4.90 Å². The number of urea groups is 1. The molecule has 1 N–H and O–H groups in total. The highest BCUT2D eigenvalue weighted by Gasteiger charge is 2.52. The molecule has 0 spiro atoms. The van der Waals surface area contributed by atoms with Crippen molar-refractivity contribution >= 4 is 45.7 Å². The zero-order valence-electron chi connectivity index (χ0n) is 25.8. The summed E-state index contributed by atoms with van der Waals surface area (Å²) in [6.07, 6.45) is -4.85. The van der Waals surface area contributed by atoms with Gasteiger partial charge in [-0.15, -0.1) is 0 Å². The van der Waals surface area contributed by atoms with Crippen LogP contribution in [0.3, 0.4) is 0 Å². The Labute approximate surface area is 264 Å². The molecule has 0 aliphatic carbocycles. The van der Waals surface area contributed by atoms with Gasteiger partial charge in [-0.3, -0.25) is 4.79 Å². The summed E-state index contributed by atoms with van der Waals surface area (Å²) in [5.41, 5.74) is -1.63. The van der Waals surface area contributed by atoms with Crippen LogP contribution in [0.25, 0.3) is 10.8 Å². The second-order valence-electron chi connectivity index (χ2n) is 12.5. The number of amides is 3. The van der Waals surface area contributed by atoms with Gasteiger partial charge in [-0.05, 0) is 99.5 Å². The summed E-state index contributed by atoms with van der Waals surface area (Å²) >= 11 is 0. The van der Waals surface area contributed by atoms with Crippen molar-refractivity contribution in [1.29, 1.82) is 5.26 Å². The van der Waals surface area contributed by atoms with Crippen molar-refractivity contribution in [3.8, 4) is 6.07 Å². The summed E-state index contributed by atoms with van der Waals surface area (Å²) in [6.45, 7) is 8.46. The number of alkyl halides is 3. The molecule has 4 aromatic carbocycles. The Morgan fingerprint density at radius 3 is 2.28 bits per heavy atom. The number of nitriles is 1. The zero-order valence-corrected chi connectivity index (χ0v) is 25.8. The number of hydrogen-bond donors (Lipinski definition) is 1. The highest BCUT2D eigenvalue weighted by molar-refractivity contribution is 6.23. The van der Waals surface area contributed by atoms with Crippen LogP contribution < -0.4 is 10.2 Å². The Kier molecular flexibility index (Phi) is 8.03. The molecule has 0 bridgehead atoms. The molecule has 0 saturated carbocycles. The molecular formula is C35H31F3N4O4. The number of rotatable bonds is 6. The van der Waals surface area contributed by atoms with Gasteiger partial charge >= 0.3 is 18.2 Å². The third-order valence-electron chi connectivity index (χ3n) is 7.61. The summed E-state index contributed by atoms with van der Waals surface area (Å²) in [6, 6.07) is 21.6. The maximum Gasteiger partial charge on any atom is 0.417 e. The van der Waals surface area contributed by atoms with Gasteiger partial charge in [0.1, 0.15) is 11.1 Å². The van der Waals surface area contributed by atoms with E-state index in [1.54, 1.807) is 45.0 Å². The summed E-state index contributed by atoms with van der Waals surface area (Å²) in [4.78, 5) is 41.7. The lowest BCUT2D eigenvalue weighted by atomic mass is 10.0. The van der Waals surface area contributed by atoms with E-state index in [1.165, 1.54) is 24.8 Å². The first-order valence-electron chi connectivity index (χ1n) is 14.4. The third kappa shape index (κ3) is 6.24. The van der Waals surface area contributed by atoms with Gasteiger partial charge in [0.2, 0.25) is 0 Å². The largest absolute Gasteiger partial charge is 0.456 e. The van der Waals surface area contributed by atoms with E-state index in [0.29, 0.717) is 22.9 Å². The minimum absolute atomic E-state index is 0.0213. The number of halogens is 3. The molecule has 0 unspecified atom stereocenters. The van der Waals surface area contributed by atoms with Gasteiger partial charge < -0.3 is 15.0 Å². The van der Waals surface area contributed by atoms with E-state index in [2.05, 4.69) is 5.32 Å². The van der Waals surface area contributed by atoms with Crippen LogP contribution in [-0.4, -0.2) is 33.9 Å². The van der Waals surface area contributed by atoms with Gasteiger partial charge in [0.05, 0.1) is 35.0 Å². The number of hydrogen-bond acceptors (Lipinski definition) is 6. The fraction of sp³-hybridized carbons (Fsp3) is 0.257. The first kappa shape index (κ1) is 32.0. The number of anilines is 3. The van der Waals surface area contributed by atoms with E-state index in [9.17, 15) is 27.6 Å². The highest BCUT2D eigenvalue weighted by atomic mass is 19.4. The number of imide groups is 1. The molecule has 0 radical (unpaired) electrons. The maximum absolute atomic E-state index is 13.7. The number of carbonyl (C=O) groups excluding carboxylic acids is 3. The lowest BCUT2D eigenvalue weighted by Crippen LogP contribution is -2.43. The minimum atomic E-state index is -4.85. The number of nitrogens with one attached hydrogen (secondary N) is 1. The molecule has 3 amide bonds. The van der Waals surface area contributed by atoms with Crippen LogP contribution in [-0.2, 0) is 22.3 Å². The van der Waals surface area contributed by atoms with E-state index < -0.39 is 46.4 Å². The van der Waals surface area contributed by atoms with Crippen LogP contribution >= 0.6 is 0 Å². The molecule has 1 aliphatic heterocycles. The second-order valence-corrected chi connectivity index (χ2v) is 12.5. The molecule has 236 valence electrons. The fourth-order valence-corrected chi connectivity index (χ4v) is 5.23. The van der Waals surface area contributed by atoms with Crippen LogP contribution in [0.1, 0.15) is 61.7 Å². The number of benzene rings is 4. The number of carbonyl (C=O) groups is 3. The maximum atomic E-state index is 13.7. The van der Waals surface area contributed by atoms with Gasteiger partial charge in [0.25, 0.3) is 5.91 Å². The first-order chi connectivity index (χ1) is 21.5. The average Bonchev–Trinajstić information content (AvgIpc) is 3.15. The van der Waals surface area contributed by atoms with Gasteiger partial charge in [-0.2, -0.15) is 18.4 Å². The predicted molar refractivity (Wildman–Crippen MR) is 168 cm³/mol. The molecule has 1 aliphatic rings. The molecule has 0 atom stereocenters. The Hall–Kier alpha value is -5.37. The van der Waals surface area contributed by atoms with Crippen LogP contribution in [0.2, 0.25) is 0 Å². The van der Waals surface area contributed by atoms with Gasteiger partial charge in [-0.25, -0.2) is 14.5 Å². The van der Waals surface area contributed by atoms with Crippen LogP contribution in [0, 0.1) is 11.3 Å². The SMILES string of the molecule is CC(C)(C)OC(=O)c1ccc2cc(Nc3ccccc3CN3C(=O)N(c4ccc(C#N)c(C(F)(F)F)c4)C(=O)C3(C)C)ccc2c1. The summed E-state index contributed by atoms with van der Waals surface area (Å²) in [5, 5.41) is 14.2. The Bertz CT molecular complexity index is 1920. The topological polar surface area (TPSA) is 103 Å². The molecule has 46 heavy (non-hydrogen) atoms. The van der Waals surface area contributed by atoms with Gasteiger partial charge in [0, 0.05) is 11.4 Å². The Morgan fingerprint density at radius 1 is 0.935 bits per heavy atom. The van der Waals surface area contributed by atoms with Crippen molar-refractivity contribution in [2.24, 2.45) is 0 Å². The molecule has 1 fully saturated rings. The van der Waals surface area contributed by atoms with Gasteiger partial charge in [-0.1, -0.05) is 30.3 Å². The van der Waals surface area contributed by atoms with E-state index >= 15 is 0 Å². The van der Waals surface area contributed by atoms with E-state index in [0.717, 1.165) is 33.5 Å². The first-order valence-corrected chi connectivity index (χ1v) is 14.4. The van der Waals surface area contributed by atoms with Crippen molar-refractivity contribution in [2.45, 2.75) is 58.5 Å². The normalized spacial score (nSPS) is 14.8. The number of fused-ring (bicyclic) bond motifs is 1. The van der Waals surface area contributed by atoms with Crippen molar-refractivity contribution in [2.75, 3.05) is 10.2 Å². The van der Waals surface area contributed by atoms with Crippen molar-refractivity contribution < 1.29 is 32.3 Å². The zero-order chi connectivity index (χ0) is 33.6. The minimum Gasteiger partial charge on any atom is -0.456 e. The number of esters is 1. The second kappa shape index (κ2) is 11.5. The van der Waals surface area contributed by atoms with E-state index in [1.807, 2.05) is 36.4 Å². The molecule has 4 aromatic rings. The van der Waals surface area contributed by atoms with E-state index in [4.69, 9.17) is 10.00 Å². The molecule has 1 heterocycles. The molecule has 5 rings (SSSR count). The molecular weight excluding hydrogens is 597 g/mol. The Balaban J connectivity index is 1.40. The van der Waals surface area contributed by atoms with Crippen LogP contribution in [0.15, 0.2) is 78.9 Å². The predicted octanol–water partition coefficient (Wildman–Crippen LogP) is 8.18. The highest BCUT2D eigenvalue weighted by Crippen LogP contribution is 2.39. The third-order valence-corrected chi connectivity index (χ3v) is 7.61. The fourth-order valence-electron chi connectivity index (χ4n) is 5.23. The molecule has 8 nitrogen and oxygen atoms in total. The van der Waals surface area contributed by atoms with Crippen LogP contribution in [0.5, 0.6) is 0 Å². The van der Waals surface area contributed by atoms with Gasteiger partial charge in [0.15, 0.2) is 0 Å².